The monoisotopic (exact) mass is 863 g/mol. The number of aromatic nitrogens is 2. The molecule has 1 aromatic heterocycles. The number of ether oxygens (including phenoxy) is 1. The van der Waals surface area contributed by atoms with Crippen molar-refractivity contribution in [3.05, 3.63) is 126 Å². The molecule has 1 saturated heterocycles. The van der Waals surface area contributed by atoms with Gasteiger partial charge in [-0.1, -0.05) is 120 Å². The van der Waals surface area contributed by atoms with Crippen LogP contribution in [-0.4, -0.2) is 69.9 Å². The van der Waals surface area contributed by atoms with E-state index >= 15 is 8.78 Å². The van der Waals surface area contributed by atoms with Crippen LogP contribution in [0.3, 0.4) is 0 Å². The van der Waals surface area contributed by atoms with Crippen LogP contribution in [0.4, 0.5) is 14.6 Å². The van der Waals surface area contributed by atoms with Gasteiger partial charge in [-0.2, -0.15) is 13.8 Å². The Hall–Kier alpha value is -3.76. The van der Waals surface area contributed by atoms with Gasteiger partial charge in [-0.25, -0.2) is 14.4 Å². The third-order valence-corrected chi connectivity index (χ3v) is 12.0. The predicted molar refractivity (Wildman–Crippen MR) is 232 cm³/mol. The number of anilines is 1. The van der Waals surface area contributed by atoms with Crippen molar-refractivity contribution < 1.29 is 37.0 Å². The molecule has 12 nitrogen and oxygen atoms in total. The normalized spacial score (nSPS) is 19.4. The molecular formula is C41H56F2N5O7PS2. The van der Waals surface area contributed by atoms with E-state index in [1.807, 2.05) is 6.08 Å². The molecule has 1 amide bonds. The van der Waals surface area contributed by atoms with Gasteiger partial charge in [0.05, 0.1) is 6.61 Å². The molecule has 17 heteroatoms. The molecule has 4 unspecified atom stereocenters. The molecule has 4 atom stereocenters. The lowest BCUT2D eigenvalue weighted by Gasteiger charge is -2.22. The largest absolute Gasteiger partial charge is 0.458 e. The van der Waals surface area contributed by atoms with E-state index in [1.54, 1.807) is 30.3 Å². The molecule has 5 N–H and O–H groups in total. The van der Waals surface area contributed by atoms with E-state index < -0.39 is 44.4 Å². The van der Waals surface area contributed by atoms with Crippen LogP contribution in [0, 0.1) is 0 Å². The standard InChI is InChI=1S/C41H56F2N5O7PS2/c1-2-3-4-5-6-7-8-9-10-11-12-13-14-15-16-17-18-19-23-26-37(49)45-28-31-57-58-32-29-46-56(52,55-34-24-21-20-22-25-34)53-33-35-38(50)41(42,43)39(54-35)48-30-27-36(44)47-40(48)51/h3-4,6-7,9-10,12-13,15-16,18-22,24-25,27,30,35,38-39,50H,2,5,8,11,14,17,23,26,28-29,31-33H2,1H3,(H,45,49)(H,46,52)(H2,44,47,51). The summed E-state index contributed by atoms with van der Waals surface area (Å²) < 4.78 is 60.6. The first kappa shape index (κ1) is 48.6. The van der Waals surface area contributed by atoms with Crippen molar-refractivity contribution in [3.8, 4) is 5.75 Å². The summed E-state index contributed by atoms with van der Waals surface area (Å²) in [6.07, 6.45) is 27.2. The first-order chi connectivity index (χ1) is 28.1. The number of hydrogen-bond acceptors (Lipinski definition) is 11. The average molecular weight is 864 g/mol. The average Bonchev–Trinajstić information content (AvgIpc) is 3.42. The predicted octanol–water partition coefficient (Wildman–Crippen LogP) is 8.49. The molecule has 0 radical (unpaired) electrons. The summed E-state index contributed by atoms with van der Waals surface area (Å²) in [6, 6.07) is 9.28. The first-order valence-electron chi connectivity index (χ1n) is 19.3. The number of benzene rings is 1. The van der Waals surface area contributed by atoms with Gasteiger partial charge in [-0.05, 0) is 63.1 Å². The number of amides is 1. The Balaban J connectivity index is 1.27. The number of para-hydroxylation sites is 1. The molecule has 1 aliphatic rings. The number of nitrogens with one attached hydrogen (secondary N) is 2. The van der Waals surface area contributed by atoms with Crippen LogP contribution in [-0.2, 0) is 18.6 Å². The third-order valence-electron chi connectivity index (χ3n) is 8.08. The lowest BCUT2D eigenvalue weighted by molar-refractivity contribution is -0.140. The maximum Gasteiger partial charge on any atom is 0.458 e. The van der Waals surface area contributed by atoms with Crippen molar-refractivity contribution in [2.45, 2.75) is 82.6 Å². The van der Waals surface area contributed by atoms with Gasteiger partial charge in [0.1, 0.15) is 17.7 Å². The van der Waals surface area contributed by atoms with Crippen molar-refractivity contribution in [2.75, 3.05) is 36.9 Å². The minimum Gasteiger partial charge on any atom is -0.413 e. The number of halogens is 2. The maximum absolute atomic E-state index is 15.0. The second kappa shape index (κ2) is 27.8. The van der Waals surface area contributed by atoms with Gasteiger partial charge < -0.3 is 25.4 Å². The first-order valence-corrected chi connectivity index (χ1v) is 23.3. The molecule has 2 aromatic rings. The van der Waals surface area contributed by atoms with Crippen LogP contribution in [0.25, 0.3) is 0 Å². The summed E-state index contributed by atoms with van der Waals surface area (Å²) in [6.45, 7) is 2.03. The van der Waals surface area contributed by atoms with Gasteiger partial charge in [0, 0.05) is 37.2 Å². The molecule has 0 spiro atoms. The van der Waals surface area contributed by atoms with Gasteiger partial charge in [0.15, 0.2) is 6.10 Å². The van der Waals surface area contributed by atoms with Gasteiger partial charge in [-0.3, -0.25) is 13.9 Å². The number of alkyl halides is 2. The molecule has 58 heavy (non-hydrogen) atoms. The highest BCUT2D eigenvalue weighted by atomic mass is 33.1. The van der Waals surface area contributed by atoms with Gasteiger partial charge in [0.25, 0.3) is 0 Å². The zero-order valence-corrected chi connectivity index (χ0v) is 35.3. The number of nitrogens with zero attached hydrogens (tertiary/aromatic N) is 2. The van der Waals surface area contributed by atoms with Crippen LogP contribution in [0.5, 0.6) is 5.75 Å². The Kier molecular flexibility index (Phi) is 23.3. The fourth-order valence-electron chi connectivity index (χ4n) is 5.12. The van der Waals surface area contributed by atoms with E-state index in [4.69, 9.17) is 19.5 Å². The van der Waals surface area contributed by atoms with Crippen LogP contribution >= 0.6 is 29.3 Å². The number of allylic oxidation sites excluding steroid dienone is 12. The summed E-state index contributed by atoms with van der Waals surface area (Å²) >= 11 is 0. The van der Waals surface area contributed by atoms with E-state index in [-0.39, 0.29) is 24.0 Å². The fourth-order valence-corrected chi connectivity index (χ4v) is 8.42. The van der Waals surface area contributed by atoms with Crippen LogP contribution < -0.4 is 26.4 Å². The minimum absolute atomic E-state index is 0.0272. The zero-order chi connectivity index (χ0) is 41.9. The lowest BCUT2D eigenvalue weighted by atomic mass is 10.1. The van der Waals surface area contributed by atoms with Crippen molar-refractivity contribution in [3.63, 3.8) is 0 Å². The quantitative estimate of drug-likeness (QED) is 0.0279. The smallest absolute Gasteiger partial charge is 0.413 e. The highest BCUT2D eigenvalue weighted by Gasteiger charge is 2.60. The van der Waals surface area contributed by atoms with E-state index in [1.165, 1.54) is 21.6 Å². The highest BCUT2D eigenvalue weighted by molar-refractivity contribution is 8.76. The second-order valence-electron chi connectivity index (χ2n) is 12.7. The van der Waals surface area contributed by atoms with Gasteiger partial charge in [0.2, 0.25) is 12.1 Å². The van der Waals surface area contributed by atoms with Crippen molar-refractivity contribution >= 4 is 41.1 Å². The summed E-state index contributed by atoms with van der Waals surface area (Å²) in [4.78, 5) is 27.8. The number of rotatable bonds is 28. The van der Waals surface area contributed by atoms with Crippen LogP contribution in [0.15, 0.2) is 120 Å². The Bertz CT molecular complexity index is 1790. The van der Waals surface area contributed by atoms with Crippen LogP contribution in [0.2, 0.25) is 0 Å². The lowest BCUT2D eigenvalue weighted by Crippen LogP contribution is -2.42. The molecule has 3 rings (SSSR count). The zero-order valence-electron chi connectivity index (χ0n) is 32.8. The molecule has 2 heterocycles. The van der Waals surface area contributed by atoms with E-state index in [0.29, 0.717) is 35.5 Å². The van der Waals surface area contributed by atoms with E-state index in [2.05, 4.69) is 89.1 Å². The van der Waals surface area contributed by atoms with Crippen molar-refractivity contribution in [1.82, 2.24) is 20.0 Å². The summed E-state index contributed by atoms with van der Waals surface area (Å²) in [7, 11) is -1.17. The van der Waals surface area contributed by atoms with Gasteiger partial charge >= 0.3 is 19.4 Å². The second-order valence-corrected chi connectivity index (χ2v) is 17.2. The summed E-state index contributed by atoms with van der Waals surface area (Å²) in [5.41, 5.74) is 4.37. The number of nitrogens with two attached hydrogens (primary N) is 1. The van der Waals surface area contributed by atoms with E-state index in [0.717, 1.165) is 50.8 Å². The van der Waals surface area contributed by atoms with Crippen LogP contribution in [0.1, 0.15) is 64.5 Å². The minimum atomic E-state index is -4.16. The Morgan fingerprint density at radius 1 is 0.931 bits per heavy atom. The Morgan fingerprint density at radius 3 is 2.09 bits per heavy atom. The fraction of sp³-hybridized carbons (Fsp3) is 0.439. The summed E-state index contributed by atoms with van der Waals surface area (Å²) in [5, 5.41) is 16.0. The van der Waals surface area contributed by atoms with Crippen molar-refractivity contribution in [1.29, 1.82) is 0 Å². The number of nitrogen functional groups attached to an aromatic ring is 1. The van der Waals surface area contributed by atoms with E-state index in [9.17, 15) is 19.3 Å². The molecule has 1 aromatic carbocycles. The Labute approximate surface area is 348 Å². The molecule has 0 saturated carbocycles. The Morgan fingerprint density at radius 2 is 1.50 bits per heavy atom. The number of aliphatic hydroxyl groups excluding tert-OH is 1. The topological polar surface area (TPSA) is 167 Å². The number of aliphatic hydroxyl groups is 1. The highest BCUT2D eigenvalue weighted by Crippen LogP contribution is 2.47. The maximum atomic E-state index is 15.0. The third kappa shape index (κ3) is 18.9. The molecule has 1 fully saturated rings. The summed E-state index contributed by atoms with van der Waals surface area (Å²) in [5.74, 6) is -2.80. The number of hydrogen-bond donors (Lipinski definition) is 4. The van der Waals surface area contributed by atoms with Gasteiger partial charge in [-0.15, -0.1) is 0 Å². The number of carbonyl (C=O) groups is 1. The molecule has 0 bridgehead atoms. The SMILES string of the molecule is CCC=CCC=CCC=CCC=CCC=CCC=CCCC(=O)NCCSSCCNP(=O)(OCC1OC(n2ccc(N)nc2=O)C(F)(F)C1O)Oc1ccccc1. The molecule has 318 valence electrons. The van der Waals surface area contributed by atoms with Crippen molar-refractivity contribution in [2.24, 2.45) is 0 Å². The molecule has 0 aliphatic carbocycles. The molecular weight excluding hydrogens is 808 g/mol. The number of carbonyl (C=O) groups excluding carboxylic acids is 1. The molecule has 1 aliphatic heterocycles.